The van der Waals surface area contributed by atoms with E-state index in [-0.39, 0.29) is 5.41 Å². The minimum atomic E-state index is 0.130. The first-order valence-corrected chi connectivity index (χ1v) is 4.51. The second-order valence-electron chi connectivity index (χ2n) is 3.51. The lowest BCUT2D eigenvalue weighted by Crippen LogP contribution is -2.13. The number of aromatic nitrogens is 1. The molecule has 0 bridgehead atoms. The summed E-state index contributed by atoms with van der Waals surface area (Å²) in [5, 5.41) is 0. The summed E-state index contributed by atoms with van der Waals surface area (Å²) in [7, 11) is 1.58. The van der Waals surface area contributed by atoms with Crippen molar-refractivity contribution in [3.05, 3.63) is 12.1 Å². The predicted molar refractivity (Wildman–Crippen MR) is 47.6 cm³/mol. The Morgan fingerprint density at radius 1 is 1.69 bits per heavy atom. The van der Waals surface area contributed by atoms with Crippen LogP contribution in [0.4, 0.5) is 0 Å². The molecule has 72 valence electrons. The molecule has 1 saturated carbocycles. The lowest BCUT2D eigenvalue weighted by molar-refractivity contribution is 0.281. The molecule has 1 aromatic heterocycles. The van der Waals surface area contributed by atoms with E-state index in [2.05, 4.69) is 4.98 Å². The van der Waals surface area contributed by atoms with E-state index in [1.54, 1.807) is 13.3 Å². The van der Waals surface area contributed by atoms with Crippen LogP contribution in [0.15, 0.2) is 10.6 Å². The Labute approximate surface area is 77.1 Å². The maximum absolute atomic E-state index is 5.53. The maximum Gasteiger partial charge on any atom is 0.304 e. The number of oxazole rings is 1. The van der Waals surface area contributed by atoms with Crippen LogP contribution in [0.5, 0.6) is 5.95 Å². The van der Waals surface area contributed by atoms with E-state index in [4.69, 9.17) is 14.9 Å². The maximum atomic E-state index is 5.53. The molecule has 0 spiro atoms. The predicted octanol–water partition coefficient (Wildman–Crippen LogP) is 1.06. The first-order valence-electron chi connectivity index (χ1n) is 4.51. The van der Waals surface area contributed by atoms with Crippen LogP contribution >= 0.6 is 0 Å². The molecule has 0 unspecified atom stereocenters. The van der Waals surface area contributed by atoms with Gasteiger partial charge in [-0.05, 0) is 25.8 Å². The van der Waals surface area contributed by atoms with Crippen LogP contribution in [0, 0.1) is 0 Å². The highest BCUT2D eigenvalue weighted by Crippen LogP contribution is 2.50. The zero-order valence-electron chi connectivity index (χ0n) is 7.75. The topological polar surface area (TPSA) is 61.3 Å². The summed E-state index contributed by atoms with van der Waals surface area (Å²) in [6.07, 6.45) is 4.84. The van der Waals surface area contributed by atoms with E-state index in [1.165, 1.54) is 0 Å². The van der Waals surface area contributed by atoms with Crippen LogP contribution in [0.3, 0.4) is 0 Å². The summed E-state index contributed by atoms with van der Waals surface area (Å²) < 4.78 is 10.4. The molecule has 0 atom stereocenters. The highest BCUT2D eigenvalue weighted by molar-refractivity contribution is 5.17. The second kappa shape index (κ2) is 3.03. The van der Waals surface area contributed by atoms with Crippen molar-refractivity contribution in [2.75, 3.05) is 13.7 Å². The Hall–Kier alpha value is -1.03. The largest absolute Gasteiger partial charge is 0.467 e. The van der Waals surface area contributed by atoms with Crippen molar-refractivity contribution >= 4 is 0 Å². The molecule has 0 aliphatic heterocycles. The van der Waals surface area contributed by atoms with Crippen molar-refractivity contribution < 1.29 is 9.15 Å². The van der Waals surface area contributed by atoms with Gasteiger partial charge in [-0.1, -0.05) is 0 Å². The van der Waals surface area contributed by atoms with Gasteiger partial charge >= 0.3 is 5.95 Å². The number of nitrogens with two attached hydrogens (primary N) is 1. The van der Waals surface area contributed by atoms with E-state index < -0.39 is 0 Å². The summed E-state index contributed by atoms with van der Waals surface area (Å²) in [6.45, 7) is 0.685. The molecule has 0 aromatic carbocycles. The van der Waals surface area contributed by atoms with E-state index in [1.807, 2.05) is 0 Å². The lowest BCUT2D eigenvalue weighted by atomic mass is 10.0. The third kappa shape index (κ3) is 1.42. The highest BCUT2D eigenvalue weighted by atomic mass is 16.6. The fourth-order valence-electron chi connectivity index (χ4n) is 1.60. The first-order chi connectivity index (χ1) is 6.30. The van der Waals surface area contributed by atoms with Crippen LogP contribution in [0.1, 0.15) is 25.2 Å². The van der Waals surface area contributed by atoms with Crippen molar-refractivity contribution in [1.82, 2.24) is 4.98 Å². The molecule has 4 heteroatoms. The Bertz CT molecular complexity index is 292. The molecule has 4 nitrogen and oxygen atoms in total. The first kappa shape index (κ1) is 8.56. The Kier molecular flexibility index (Phi) is 2.00. The zero-order chi connectivity index (χ0) is 9.31. The quantitative estimate of drug-likeness (QED) is 0.756. The summed E-state index contributed by atoms with van der Waals surface area (Å²) in [4.78, 5) is 4.19. The smallest absolute Gasteiger partial charge is 0.304 e. The van der Waals surface area contributed by atoms with E-state index in [0.717, 1.165) is 25.2 Å². The van der Waals surface area contributed by atoms with Crippen molar-refractivity contribution in [1.29, 1.82) is 0 Å². The number of nitrogens with zero attached hydrogens (tertiary/aromatic N) is 1. The Balaban J connectivity index is 2.15. The number of rotatable bonds is 4. The molecule has 1 fully saturated rings. The summed E-state index contributed by atoms with van der Waals surface area (Å²) in [5.41, 5.74) is 5.66. The van der Waals surface area contributed by atoms with Gasteiger partial charge in [-0.3, -0.25) is 0 Å². The third-order valence-electron chi connectivity index (χ3n) is 2.62. The number of ether oxygens (including phenoxy) is 1. The van der Waals surface area contributed by atoms with Crippen LogP contribution in [0.25, 0.3) is 0 Å². The van der Waals surface area contributed by atoms with Crippen LogP contribution in [-0.4, -0.2) is 18.6 Å². The molecule has 2 N–H and O–H groups in total. The Morgan fingerprint density at radius 2 is 2.46 bits per heavy atom. The number of hydrogen-bond donors (Lipinski definition) is 1. The number of hydrogen-bond acceptors (Lipinski definition) is 4. The van der Waals surface area contributed by atoms with Crippen molar-refractivity contribution in [2.45, 2.75) is 24.7 Å². The van der Waals surface area contributed by atoms with Gasteiger partial charge in [0, 0.05) is 5.41 Å². The monoisotopic (exact) mass is 182 g/mol. The van der Waals surface area contributed by atoms with Gasteiger partial charge in [0.25, 0.3) is 0 Å². The molecule has 1 aliphatic carbocycles. The number of methoxy groups -OCH3 is 1. The minimum absolute atomic E-state index is 0.130. The molecule has 0 amide bonds. The van der Waals surface area contributed by atoms with Gasteiger partial charge in [0.15, 0.2) is 0 Å². The van der Waals surface area contributed by atoms with E-state index >= 15 is 0 Å². The van der Waals surface area contributed by atoms with Crippen molar-refractivity contribution in [2.24, 2.45) is 5.73 Å². The third-order valence-corrected chi connectivity index (χ3v) is 2.62. The zero-order valence-corrected chi connectivity index (χ0v) is 7.75. The lowest BCUT2D eigenvalue weighted by Gasteiger charge is -2.07. The van der Waals surface area contributed by atoms with Gasteiger partial charge in [0.1, 0.15) is 6.20 Å². The average molecular weight is 182 g/mol. The van der Waals surface area contributed by atoms with Gasteiger partial charge in [-0.2, -0.15) is 0 Å². The average Bonchev–Trinajstić information content (AvgIpc) is 2.78. The molecule has 0 radical (unpaired) electrons. The fraction of sp³-hybridized carbons (Fsp3) is 0.667. The van der Waals surface area contributed by atoms with Crippen LogP contribution in [0.2, 0.25) is 0 Å². The van der Waals surface area contributed by atoms with Gasteiger partial charge < -0.3 is 14.9 Å². The molecular formula is C9H14N2O2. The highest BCUT2D eigenvalue weighted by Gasteiger charge is 2.47. The van der Waals surface area contributed by atoms with Crippen molar-refractivity contribution in [3.63, 3.8) is 0 Å². The van der Waals surface area contributed by atoms with Gasteiger partial charge in [-0.15, -0.1) is 0 Å². The fourth-order valence-corrected chi connectivity index (χ4v) is 1.60. The molecule has 1 aliphatic rings. The summed E-state index contributed by atoms with van der Waals surface area (Å²) in [6, 6.07) is 0. The summed E-state index contributed by atoms with van der Waals surface area (Å²) >= 11 is 0. The standard InChI is InChI=1S/C9H14N2O2/c1-12-7-6-11-8(13-7)9(2-3-9)4-5-10/h6H,2-5,10H2,1H3. The van der Waals surface area contributed by atoms with Crippen molar-refractivity contribution in [3.8, 4) is 5.95 Å². The van der Waals surface area contributed by atoms with Gasteiger partial charge in [0.05, 0.1) is 7.11 Å². The molecular weight excluding hydrogens is 168 g/mol. The molecule has 1 aromatic rings. The van der Waals surface area contributed by atoms with E-state index in [9.17, 15) is 0 Å². The molecule has 2 rings (SSSR count). The normalized spacial score (nSPS) is 18.6. The molecule has 1 heterocycles. The van der Waals surface area contributed by atoms with Crippen LogP contribution in [-0.2, 0) is 5.41 Å². The minimum Gasteiger partial charge on any atom is -0.467 e. The molecule has 13 heavy (non-hydrogen) atoms. The Morgan fingerprint density at radius 3 is 2.92 bits per heavy atom. The second-order valence-corrected chi connectivity index (χ2v) is 3.51. The van der Waals surface area contributed by atoms with Crippen LogP contribution < -0.4 is 10.5 Å². The van der Waals surface area contributed by atoms with Gasteiger partial charge in [-0.25, -0.2) is 4.98 Å². The summed E-state index contributed by atoms with van der Waals surface area (Å²) in [5.74, 6) is 1.27. The molecule has 0 saturated heterocycles. The van der Waals surface area contributed by atoms with E-state index in [0.29, 0.717) is 12.5 Å². The SMILES string of the molecule is COc1cnc(C2(CCN)CC2)o1. The van der Waals surface area contributed by atoms with Gasteiger partial charge in [0.2, 0.25) is 5.89 Å².